The molecule has 0 saturated heterocycles. The number of hydrogen-bond donors (Lipinski definition) is 0. The van der Waals surface area contributed by atoms with E-state index in [1.165, 1.54) is 24.4 Å². The molecular formula is C9H7ClN2O4S. The number of fused-ring (bicyclic) bond motifs is 1. The lowest BCUT2D eigenvalue weighted by Gasteiger charge is -1.96. The summed E-state index contributed by atoms with van der Waals surface area (Å²) in [6.45, 7) is 0. The van der Waals surface area contributed by atoms with Crippen molar-refractivity contribution in [3.8, 4) is 0 Å². The van der Waals surface area contributed by atoms with Gasteiger partial charge >= 0.3 is 0 Å². The number of nitro benzene ring substituents is 1. The summed E-state index contributed by atoms with van der Waals surface area (Å²) in [5.41, 5.74) is 0.389. The largest absolute Gasteiger partial charge is 0.349 e. The molecule has 0 aliphatic heterocycles. The number of aromatic nitrogens is 1. The quantitative estimate of drug-likeness (QED) is 0.476. The molecule has 0 amide bonds. The van der Waals surface area contributed by atoms with E-state index in [0.29, 0.717) is 5.52 Å². The summed E-state index contributed by atoms with van der Waals surface area (Å²) in [7, 11) is 2.99. The Morgan fingerprint density at radius 2 is 2.06 bits per heavy atom. The van der Waals surface area contributed by atoms with Crippen LogP contribution in [-0.2, 0) is 16.1 Å². The Labute approximate surface area is 101 Å². The molecule has 0 N–H and O–H groups in total. The predicted molar refractivity (Wildman–Crippen MR) is 62.6 cm³/mol. The highest BCUT2D eigenvalue weighted by atomic mass is 35.7. The average Bonchev–Trinajstić information content (AvgIpc) is 2.55. The molecule has 0 unspecified atom stereocenters. The van der Waals surface area contributed by atoms with Crippen molar-refractivity contribution in [2.24, 2.45) is 7.05 Å². The molecule has 0 saturated carbocycles. The minimum atomic E-state index is -3.92. The van der Waals surface area contributed by atoms with Crippen LogP contribution in [0.15, 0.2) is 29.3 Å². The Morgan fingerprint density at radius 3 is 2.59 bits per heavy atom. The highest BCUT2D eigenvalue weighted by molar-refractivity contribution is 8.14. The summed E-state index contributed by atoms with van der Waals surface area (Å²) in [5, 5.41) is 10.9. The van der Waals surface area contributed by atoms with E-state index < -0.39 is 14.0 Å². The highest BCUT2D eigenvalue weighted by Gasteiger charge is 2.19. The van der Waals surface area contributed by atoms with Gasteiger partial charge in [0.25, 0.3) is 14.7 Å². The van der Waals surface area contributed by atoms with Crippen molar-refractivity contribution >= 4 is 36.3 Å². The van der Waals surface area contributed by atoms with Crippen LogP contribution in [0.1, 0.15) is 0 Å². The number of halogens is 1. The zero-order valence-corrected chi connectivity index (χ0v) is 10.2. The summed E-state index contributed by atoms with van der Waals surface area (Å²) in [4.78, 5) is 9.92. The van der Waals surface area contributed by atoms with Gasteiger partial charge in [-0.15, -0.1) is 0 Å². The van der Waals surface area contributed by atoms with Gasteiger partial charge in [-0.25, -0.2) is 8.42 Å². The molecule has 2 aromatic rings. The first-order valence-corrected chi connectivity index (χ1v) is 6.80. The van der Waals surface area contributed by atoms with E-state index >= 15 is 0 Å². The fourth-order valence-corrected chi connectivity index (χ4v) is 2.73. The average molecular weight is 275 g/mol. The van der Waals surface area contributed by atoms with Crippen LogP contribution in [0.2, 0.25) is 0 Å². The standard InChI is InChI=1S/C9H7ClN2O4S/c1-11-5-9(17(10,15)16)7-4-6(12(13)14)2-3-8(7)11/h2-5H,1H3. The van der Waals surface area contributed by atoms with Crippen LogP contribution in [0.3, 0.4) is 0 Å². The van der Waals surface area contributed by atoms with Gasteiger partial charge in [-0.2, -0.15) is 0 Å². The van der Waals surface area contributed by atoms with Crippen LogP contribution in [-0.4, -0.2) is 17.9 Å². The number of benzene rings is 1. The molecule has 6 nitrogen and oxygen atoms in total. The molecule has 1 aromatic heterocycles. The molecule has 90 valence electrons. The van der Waals surface area contributed by atoms with Gasteiger partial charge in [-0.1, -0.05) is 0 Å². The summed E-state index contributed by atoms with van der Waals surface area (Å²) >= 11 is 0. The lowest BCUT2D eigenvalue weighted by Crippen LogP contribution is -1.90. The topological polar surface area (TPSA) is 82.2 Å². The Hall–Kier alpha value is -1.60. The molecule has 0 spiro atoms. The van der Waals surface area contributed by atoms with Gasteiger partial charge in [0.2, 0.25) is 0 Å². The maximum atomic E-state index is 11.3. The van der Waals surface area contributed by atoms with Gasteiger partial charge in [0, 0.05) is 47.0 Å². The monoisotopic (exact) mass is 274 g/mol. The van der Waals surface area contributed by atoms with E-state index in [2.05, 4.69) is 0 Å². The molecule has 0 radical (unpaired) electrons. The van der Waals surface area contributed by atoms with Crippen LogP contribution in [0.4, 0.5) is 5.69 Å². The number of nitrogens with zero attached hydrogens (tertiary/aromatic N) is 2. The number of hydrogen-bond acceptors (Lipinski definition) is 4. The number of nitro groups is 1. The summed E-state index contributed by atoms with van der Waals surface area (Å²) < 4.78 is 24.2. The Balaban J connectivity index is 2.87. The van der Waals surface area contributed by atoms with Crippen molar-refractivity contribution in [2.75, 3.05) is 0 Å². The van der Waals surface area contributed by atoms with E-state index in [9.17, 15) is 18.5 Å². The van der Waals surface area contributed by atoms with E-state index in [-0.39, 0.29) is 16.0 Å². The summed E-state index contributed by atoms with van der Waals surface area (Å²) in [5.74, 6) is 0. The molecule has 0 fully saturated rings. The second-order valence-corrected chi connectivity index (χ2v) is 6.04. The fraction of sp³-hybridized carbons (Fsp3) is 0.111. The van der Waals surface area contributed by atoms with Gasteiger partial charge < -0.3 is 4.57 Å². The Kier molecular flexibility index (Phi) is 2.59. The Morgan fingerprint density at radius 1 is 1.41 bits per heavy atom. The molecular weight excluding hydrogens is 268 g/mol. The first-order valence-electron chi connectivity index (χ1n) is 4.49. The normalized spacial score (nSPS) is 11.9. The fourth-order valence-electron chi connectivity index (χ4n) is 1.65. The molecule has 2 rings (SSSR count). The molecule has 0 aliphatic rings. The van der Waals surface area contributed by atoms with Crippen molar-refractivity contribution < 1.29 is 13.3 Å². The van der Waals surface area contributed by atoms with Crippen LogP contribution in [0, 0.1) is 10.1 Å². The number of aryl methyl sites for hydroxylation is 1. The van der Waals surface area contributed by atoms with Gasteiger partial charge in [0.15, 0.2) is 0 Å². The second kappa shape index (κ2) is 3.71. The molecule has 8 heteroatoms. The molecule has 17 heavy (non-hydrogen) atoms. The van der Waals surface area contributed by atoms with Crippen molar-refractivity contribution in [1.29, 1.82) is 0 Å². The highest BCUT2D eigenvalue weighted by Crippen LogP contribution is 2.30. The van der Waals surface area contributed by atoms with Gasteiger partial charge in [0.1, 0.15) is 4.90 Å². The van der Waals surface area contributed by atoms with Crippen LogP contribution < -0.4 is 0 Å². The van der Waals surface area contributed by atoms with E-state index in [0.717, 1.165) is 0 Å². The van der Waals surface area contributed by atoms with Gasteiger partial charge in [-0.05, 0) is 6.07 Å². The lowest BCUT2D eigenvalue weighted by atomic mass is 10.2. The molecule has 0 aliphatic carbocycles. The minimum Gasteiger partial charge on any atom is -0.349 e. The molecule has 0 bridgehead atoms. The third-order valence-corrected chi connectivity index (χ3v) is 3.76. The summed E-state index contributed by atoms with van der Waals surface area (Å²) in [6.07, 6.45) is 1.33. The third kappa shape index (κ3) is 1.98. The minimum absolute atomic E-state index is 0.125. The van der Waals surface area contributed by atoms with Gasteiger partial charge in [-0.3, -0.25) is 10.1 Å². The van der Waals surface area contributed by atoms with Crippen LogP contribution in [0.5, 0.6) is 0 Å². The maximum Gasteiger partial charge on any atom is 0.270 e. The molecule has 0 atom stereocenters. The second-order valence-electron chi connectivity index (χ2n) is 3.50. The molecule has 1 heterocycles. The Bertz CT molecular complexity index is 720. The van der Waals surface area contributed by atoms with Crippen LogP contribution >= 0.6 is 10.7 Å². The number of non-ortho nitro benzene ring substituents is 1. The molecule has 1 aromatic carbocycles. The zero-order chi connectivity index (χ0) is 12.8. The van der Waals surface area contributed by atoms with E-state index in [1.54, 1.807) is 11.6 Å². The first-order chi connectivity index (χ1) is 7.80. The van der Waals surface area contributed by atoms with Crippen molar-refractivity contribution in [3.63, 3.8) is 0 Å². The van der Waals surface area contributed by atoms with E-state index in [4.69, 9.17) is 10.7 Å². The van der Waals surface area contributed by atoms with E-state index in [1.807, 2.05) is 0 Å². The smallest absolute Gasteiger partial charge is 0.270 e. The van der Waals surface area contributed by atoms with Gasteiger partial charge in [0.05, 0.1) is 4.92 Å². The number of rotatable bonds is 2. The maximum absolute atomic E-state index is 11.3. The lowest BCUT2D eigenvalue weighted by molar-refractivity contribution is -0.384. The first kappa shape index (κ1) is 11.9. The summed E-state index contributed by atoms with van der Waals surface area (Å²) in [6, 6.07) is 4.00. The van der Waals surface area contributed by atoms with Crippen molar-refractivity contribution in [2.45, 2.75) is 4.90 Å². The third-order valence-electron chi connectivity index (χ3n) is 2.41. The predicted octanol–water partition coefficient (Wildman–Crippen LogP) is 2.01. The van der Waals surface area contributed by atoms with Crippen molar-refractivity contribution in [3.05, 3.63) is 34.5 Å². The SMILES string of the molecule is Cn1cc(S(=O)(=O)Cl)c2cc([N+](=O)[O-])ccc21. The zero-order valence-electron chi connectivity index (χ0n) is 8.62. The van der Waals surface area contributed by atoms with Crippen LogP contribution in [0.25, 0.3) is 10.9 Å². The van der Waals surface area contributed by atoms with Crippen molar-refractivity contribution in [1.82, 2.24) is 4.57 Å².